The Morgan fingerprint density at radius 2 is 2.00 bits per heavy atom. The maximum absolute atomic E-state index is 8.66. The Labute approximate surface area is 52.1 Å². The normalized spacial score (nSPS) is 13.9. The molecule has 0 aromatic heterocycles. The highest BCUT2D eigenvalue weighted by atomic mass is 31.0. The number of aliphatic hydroxyl groups is 2. The zero-order valence-corrected chi connectivity index (χ0v) is 6.03. The molecule has 0 aliphatic rings. The smallest absolute Gasteiger partial charge is 0.0673 e. The predicted molar refractivity (Wildman–Crippen MR) is 36.7 cm³/mol. The molecule has 50 valence electrons. The van der Waals surface area contributed by atoms with Crippen LogP contribution in [0.15, 0.2) is 0 Å². The number of hydrogen-bond donors (Lipinski definition) is 2. The van der Waals surface area contributed by atoms with Crippen molar-refractivity contribution in [2.45, 2.75) is 25.1 Å². The van der Waals surface area contributed by atoms with Gasteiger partial charge in [-0.15, -0.1) is 9.24 Å². The van der Waals surface area contributed by atoms with Crippen LogP contribution >= 0.6 is 9.24 Å². The van der Waals surface area contributed by atoms with E-state index in [4.69, 9.17) is 10.2 Å². The van der Waals surface area contributed by atoms with Crippen molar-refractivity contribution in [2.75, 3.05) is 6.61 Å². The Hall–Kier alpha value is 0.350. The zero-order chi connectivity index (χ0) is 6.41. The Balaban J connectivity index is 2.72. The molecule has 0 aromatic carbocycles. The largest absolute Gasteiger partial charge is 0.396 e. The molecule has 0 rings (SSSR count). The molecular weight excluding hydrogens is 123 g/mol. The van der Waals surface area contributed by atoms with Gasteiger partial charge in [0.1, 0.15) is 0 Å². The molecule has 0 saturated carbocycles. The maximum atomic E-state index is 8.66. The van der Waals surface area contributed by atoms with Crippen LogP contribution in [0.4, 0.5) is 0 Å². The average molecular weight is 136 g/mol. The lowest BCUT2D eigenvalue weighted by Gasteiger charge is -1.99. The van der Waals surface area contributed by atoms with Gasteiger partial charge in [-0.05, 0) is 19.3 Å². The third kappa shape index (κ3) is 6.35. The van der Waals surface area contributed by atoms with Crippen LogP contribution in [0.2, 0.25) is 0 Å². The van der Waals surface area contributed by atoms with Crippen molar-refractivity contribution in [2.24, 2.45) is 0 Å². The third-order valence-corrected chi connectivity index (χ3v) is 1.24. The first kappa shape index (κ1) is 8.35. The summed E-state index contributed by atoms with van der Waals surface area (Å²) in [6, 6.07) is 0. The van der Waals surface area contributed by atoms with Gasteiger partial charge >= 0.3 is 0 Å². The van der Waals surface area contributed by atoms with E-state index < -0.39 is 0 Å². The van der Waals surface area contributed by atoms with Crippen LogP contribution in [-0.4, -0.2) is 22.7 Å². The summed E-state index contributed by atoms with van der Waals surface area (Å²) >= 11 is 0. The lowest BCUT2D eigenvalue weighted by molar-refractivity contribution is 0.233. The van der Waals surface area contributed by atoms with Crippen LogP contribution in [-0.2, 0) is 0 Å². The first-order valence-corrected chi connectivity index (χ1v) is 3.48. The second kappa shape index (κ2) is 5.49. The Bertz CT molecular complexity index is 47.7. The zero-order valence-electron chi connectivity index (χ0n) is 4.88. The molecule has 0 aromatic rings. The van der Waals surface area contributed by atoms with Gasteiger partial charge in [-0.3, -0.25) is 0 Å². The van der Waals surface area contributed by atoms with E-state index in [0.717, 1.165) is 19.3 Å². The van der Waals surface area contributed by atoms with Gasteiger partial charge in [0.25, 0.3) is 0 Å². The second-order valence-corrected chi connectivity index (χ2v) is 2.56. The van der Waals surface area contributed by atoms with Crippen LogP contribution in [0, 0.1) is 0 Å². The molecule has 2 unspecified atom stereocenters. The fourth-order valence-corrected chi connectivity index (χ4v) is 0.701. The van der Waals surface area contributed by atoms with Crippen molar-refractivity contribution in [1.82, 2.24) is 0 Å². The predicted octanol–water partition coefficient (Wildman–Crippen LogP) is 0.342. The van der Waals surface area contributed by atoms with Crippen LogP contribution in [0.3, 0.4) is 0 Å². The van der Waals surface area contributed by atoms with Gasteiger partial charge in [0.2, 0.25) is 0 Å². The Kier molecular flexibility index (Phi) is 5.73. The molecule has 0 heterocycles. The van der Waals surface area contributed by atoms with E-state index in [1.165, 1.54) is 0 Å². The highest BCUT2D eigenvalue weighted by Gasteiger charge is 1.92. The monoisotopic (exact) mass is 136 g/mol. The van der Waals surface area contributed by atoms with E-state index in [2.05, 4.69) is 9.24 Å². The van der Waals surface area contributed by atoms with Crippen molar-refractivity contribution in [3.8, 4) is 0 Å². The highest BCUT2D eigenvalue weighted by molar-refractivity contribution is 7.17. The molecule has 0 amide bonds. The second-order valence-electron chi connectivity index (χ2n) is 1.79. The minimum atomic E-state index is -0.290. The van der Waals surface area contributed by atoms with E-state index >= 15 is 0 Å². The van der Waals surface area contributed by atoms with Crippen molar-refractivity contribution in [3.05, 3.63) is 0 Å². The van der Waals surface area contributed by atoms with E-state index in [9.17, 15) is 0 Å². The van der Waals surface area contributed by atoms with Crippen LogP contribution in [0.5, 0.6) is 0 Å². The SMILES string of the molecule is OCCCCC(O)P. The van der Waals surface area contributed by atoms with E-state index in [1.807, 2.05) is 0 Å². The molecule has 8 heavy (non-hydrogen) atoms. The molecule has 2 atom stereocenters. The molecule has 0 aliphatic heterocycles. The molecule has 3 heteroatoms. The molecule has 0 spiro atoms. The van der Waals surface area contributed by atoms with Gasteiger partial charge in [0.15, 0.2) is 0 Å². The van der Waals surface area contributed by atoms with Gasteiger partial charge in [0.05, 0.1) is 5.85 Å². The lowest BCUT2D eigenvalue weighted by atomic mass is 10.2. The minimum Gasteiger partial charge on any atom is -0.396 e. The van der Waals surface area contributed by atoms with Crippen LogP contribution < -0.4 is 0 Å². The summed E-state index contributed by atoms with van der Waals surface area (Å²) in [4.78, 5) is 0. The molecule has 0 aliphatic carbocycles. The molecule has 0 radical (unpaired) electrons. The maximum Gasteiger partial charge on any atom is 0.0673 e. The quantitative estimate of drug-likeness (QED) is 0.432. The first-order chi connectivity index (χ1) is 3.77. The third-order valence-electron chi connectivity index (χ3n) is 0.908. The van der Waals surface area contributed by atoms with E-state index in [0.29, 0.717) is 0 Å². The van der Waals surface area contributed by atoms with Gasteiger partial charge < -0.3 is 10.2 Å². The van der Waals surface area contributed by atoms with Crippen LogP contribution in [0.25, 0.3) is 0 Å². The number of aliphatic hydroxyl groups excluding tert-OH is 2. The number of rotatable bonds is 4. The summed E-state index contributed by atoms with van der Waals surface area (Å²) in [5, 5.41) is 17.0. The van der Waals surface area contributed by atoms with E-state index in [-0.39, 0.29) is 12.5 Å². The summed E-state index contributed by atoms with van der Waals surface area (Å²) in [5.74, 6) is -0.290. The molecule has 0 saturated heterocycles. The fraction of sp³-hybridized carbons (Fsp3) is 1.00. The van der Waals surface area contributed by atoms with Gasteiger partial charge in [-0.25, -0.2) is 0 Å². The van der Waals surface area contributed by atoms with Crippen molar-refractivity contribution >= 4 is 9.24 Å². The van der Waals surface area contributed by atoms with Gasteiger partial charge in [-0.2, -0.15) is 0 Å². The first-order valence-electron chi connectivity index (χ1n) is 2.82. The fourth-order valence-electron chi connectivity index (χ4n) is 0.465. The summed E-state index contributed by atoms with van der Waals surface area (Å²) in [6.45, 7) is 0.234. The Morgan fingerprint density at radius 3 is 2.38 bits per heavy atom. The summed E-state index contributed by atoms with van der Waals surface area (Å²) in [5.41, 5.74) is 0. The summed E-state index contributed by atoms with van der Waals surface area (Å²) in [7, 11) is 2.30. The molecule has 2 nitrogen and oxygen atoms in total. The highest BCUT2D eigenvalue weighted by Crippen LogP contribution is 2.05. The number of hydrogen-bond acceptors (Lipinski definition) is 2. The topological polar surface area (TPSA) is 40.5 Å². The average Bonchev–Trinajstić information content (AvgIpc) is 1.66. The molecular formula is C5H13O2P. The molecule has 2 N–H and O–H groups in total. The van der Waals surface area contributed by atoms with E-state index in [1.54, 1.807) is 0 Å². The Morgan fingerprint density at radius 1 is 1.38 bits per heavy atom. The molecule has 0 bridgehead atoms. The standard InChI is InChI=1S/C5H13O2P/c6-4-2-1-3-5(7)8/h5-7H,1-4,8H2. The van der Waals surface area contributed by atoms with Crippen molar-refractivity contribution in [1.29, 1.82) is 0 Å². The van der Waals surface area contributed by atoms with Gasteiger partial charge in [-0.1, -0.05) is 0 Å². The summed E-state index contributed by atoms with van der Waals surface area (Å²) < 4.78 is 0. The summed E-state index contributed by atoms with van der Waals surface area (Å²) in [6.07, 6.45) is 2.47. The molecule has 0 fully saturated rings. The van der Waals surface area contributed by atoms with Crippen LogP contribution in [0.1, 0.15) is 19.3 Å². The minimum absolute atomic E-state index is 0.234. The van der Waals surface area contributed by atoms with Crippen molar-refractivity contribution in [3.63, 3.8) is 0 Å². The van der Waals surface area contributed by atoms with Gasteiger partial charge in [0, 0.05) is 6.61 Å². The van der Waals surface area contributed by atoms with Crippen molar-refractivity contribution < 1.29 is 10.2 Å². The lowest BCUT2D eigenvalue weighted by Crippen LogP contribution is -1.94. The number of unbranched alkanes of at least 4 members (excludes halogenated alkanes) is 1.